The van der Waals surface area contributed by atoms with Crippen molar-refractivity contribution in [3.63, 3.8) is 0 Å². The number of nitrogens with zero attached hydrogens (tertiary/aromatic N) is 3. The maximum atomic E-state index is 13.4. The number of hydrogen-bond acceptors (Lipinski definition) is 5. The summed E-state index contributed by atoms with van der Waals surface area (Å²) in [5.41, 5.74) is 0.350. The van der Waals surface area contributed by atoms with Crippen LogP contribution in [0.1, 0.15) is 5.56 Å². The number of likely N-dealkylation sites (N-methyl/N-ethyl adjacent to an activating group) is 1. The van der Waals surface area contributed by atoms with Gasteiger partial charge in [-0.25, -0.2) is 0 Å². The minimum atomic E-state index is -0.659. The molecule has 1 aromatic rings. The monoisotopic (exact) mass is 397 g/mol. The molecule has 0 N–H and O–H groups in total. The molecule has 0 saturated carbocycles. The van der Waals surface area contributed by atoms with Crippen molar-refractivity contribution in [3.05, 3.63) is 42.0 Å². The summed E-state index contributed by atoms with van der Waals surface area (Å²) in [5, 5.41) is 0. The normalized spacial score (nSPS) is 33.4. The third-order valence-corrected chi connectivity index (χ3v) is 6.79. The van der Waals surface area contributed by atoms with Crippen LogP contribution in [-0.2, 0) is 20.9 Å². The number of hydrogen-bond donors (Lipinski definition) is 0. The summed E-state index contributed by atoms with van der Waals surface area (Å²) in [6.45, 7) is 4.14. The lowest BCUT2D eigenvalue weighted by Gasteiger charge is -2.35. The van der Waals surface area contributed by atoms with Gasteiger partial charge in [0.1, 0.15) is 11.4 Å². The first kappa shape index (κ1) is 18.6. The molecule has 3 fully saturated rings. The van der Waals surface area contributed by atoms with Gasteiger partial charge in [0.2, 0.25) is 11.8 Å². The molecule has 7 nitrogen and oxygen atoms in total. The topological polar surface area (TPSA) is 62.3 Å². The molecule has 0 radical (unpaired) electrons. The zero-order chi connectivity index (χ0) is 20.2. The van der Waals surface area contributed by atoms with E-state index in [0.29, 0.717) is 26.2 Å². The van der Waals surface area contributed by atoms with Crippen LogP contribution in [0.3, 0.4) is 0 Å². The van der Waals surface area contributed by atoms with Crippen molar-refractivity contribution in [1.29, 1.82) is 0 Å². The maximum absolute atomic E-state index is 13.4. The van der Waals surface area contributed by atoms with E-state index in [1.807, 2.05) is 46.2 Å². The van der Waals surface area contributed by atoms with Gasteiger partial charge < -0.3 is 24.2 Å². The average molecular weight is 397 g/mol. The molecule has 4 atom stereocenters. The van der Waals surface area contributed by atoms with Gasteiger partial charge in [0, 0.05) is 32.7 Å². The second-order valence-electron chi connectivity index (χ2n) is 8.57. The summed E-state index contributed by atoms with van der Waals surface area (Å²) in [5.74, 6) is 0.0252. The van der Waals surface area contributed by atoms with E-state index in [2.05, 4.69) is 11.9 Å². The third kappa shape index (κ3) is 2.95. The standard InChI is InChI=1S/C22H27N3O4/c1-23-8-10-24(11-9-23)20(26)18-17-6-7-22(29-17)14-25(21(27)19(18)22)13-15-4-3-5-16(12-15)28-2/h3-7,12,17-19H,8-11,13-14H2,1-2H3/t17-,18-,19-,22-/m0/s1. The van der Waals surface area contributed by atoms with E-state index in [4.69, 9.17) is 9.47 Å². The lowest BCUT2D eigenvalue weighted by molar-refractivity contribution is -0.144. The van der Waals surface area contributed by atoms with Gasteiger partial charge in [-0.15, -0.1) is 0 Å². The number of rotatable bonds is 4. The fourth-order valence-electron chi connectivity index (χ4n) is 5.22. The number of piperazine rings is 1. The van der Waals surface area contributed by atoms with Gasteiger partial charge in [-0.3, -0.25) is 9.59 Å². The van der Waals surface area contributed by atoms with Gasteiger partial charge in [-0.2, -0.15) is 0 Å². The number of methoxy groups -OCH3 is 1. The lowest BCUT2D eigenvalue weighted by Crippen LogP contribution is -2.52. The molecule has 4 heterocycles. The fourth-order valence-corrected chi connectivity index (χ4v) is 5.22. The van der Waals surface area contributed by atoms with E-state index in [0.717, 1.165) is 24.4 Å². The molecular weight excluding hydrogens is 370 g/mol. The highest BCUT2D eigenvalue weighted by Gasteiger charge is 2.67. The van der Waals surface area contributed by atoms with Crippen LogP contribution in [0.25, 0.3) is 0 Å². The quantitative estimate of drug-likeness (QED) is 0.702. The third-order valence-electron chi connectivity index (χ3n) is 6.79. The van der Waals surface area contributed by atoms with Gasteiger partial charge >= 0.3 is 0 Å². The van der Waals surface area contributed by atoms with Crippen LogP contribution >= 0.6 is 0 Å². The molecular formula is C22H27N3O4. The number of carbonyl (C=O) groups excluding carboxylic acids is 2. The molecule has 4 aliphatic heterocycles. The van der Waals surface area contributed by atoms with Gasteiger partial charge in [-0.1, -0.05) is 24.3 Å². The van der Waals surface area contributed by atoms with Crippen LogP contribution in [0, 0.1) is 11.8 Å². The Bertz CT molecular complexity index is 863. The molecule has 0 aliphatic carbocycles. The van der Waals surface area contributed by atoms with E-state index < -0.39 is 17.4 Å². The van der Waals surface area contributed by atoms with Crippen LogP contribution in [0.4, 0.5) is 0 Å². The number of likely N-dealkylation sites (tertiary alicyclic amines) is 1. The molecule has 1 aromatic carbocycles. The second-order valence-corrected chi connectivity index (χ2v) is 8.57. The Balaban J connectivity index is 1.36. The molecule has 1 spiro atoms. The maximum Gasteiger partial charge on any atom is 0.230 e. The highest BCUT2D eigenvalue weighted by molar-refractivity contribution is 5.93. The first-order valence-electron chi connectivity index (χ1n) is 10.3. The number of ether oxygens (including phenoxy) is 2. The summed E-state index contributed by atoms with van der Waals surface area (Å²) < 4.78 is 11.6. The zero-order valence-corrected chi connectivity index (χ0v) is 16.9. The van der Waals surface area contributed by atoms with Crippen molar-refractivity contribution in [1.82, 2.24) is 14.7 Å². The minimum absolute atomic E-state index is 0.0205. The molecule has 2 bridgehead atoms. The highest BCUT2D eigenvalue weighted by atomic mass is 16.5. The van der Waals surface area contributed by atoms with Crippen LogP contribution in [0.15, 0.2) is 36.4 Å². The Morgan fingerprint density at radius 3 is 2.83 bits per heavy atom. The second kappa shape index (κ2) is 6.85. The number of amides is 2. The highest BCUT2D eigenvalue weighted by Crippen LogP contribution is 2.52. The Morgan fingerprint density at radius 1 is 1.28 bits per heavy atom. The molecule has 0 aromatic heterocycles. The largest absolute Gasteiger partial charge is 0.497 e. The molecule has 0 unspecified atom stereocenters. The van der Waals surface area contributed by atoms with Crippen molar-refractivity contribution in [2.24, 2.45) is 11.8 Å². The van der Waals surface area contributed by atoms with E-state index in [1.165, 1.54) is 0 Å². The number of benzene rings is 1. The van der Waals surface area contributed by atoms with Crippen LogP contribution < -0.4 is 4.74 Å². The Labute approximate surface area is 170 Å². The van der Waals surface area contributed by atoms with Crippen LogP contribution in [0.2, 0.25) is 0 Å². The summed E-state index contributed by atoms with van der Waals surface area (Å²) in [6.07, 6.45) is 3.71. The average Bonchev–Trinajstić information content (AvgIpc) is 3.36. The number of carbonyl (C=O) groups is 2. The first-order chi connectivity index (χ1) is 14.0. The van der Waals surface area contributed by atoms with E-state index in [9.17, 15) is 9.59 Å². The number of fused-ring (bicyclic) bond motifs is 1. The smallest absolute Gasteiger partial charge is 0.230 e. The molecule has 5 rings (SSSR count). The van der Waals surface area contributed by atoms with Gasteiger partial charge in [0.15, 0.2) is 0 Å². The van der Waals surface area contributed by atoms with Crippen LogP contribution in [0.5, 0.6) is 5.75 Å². The zero-order valence-electron chi connectivity index (χ0n) is 16.9. The predicted octanol–water partition coefficient (Wildman–Crippen LogP) is 0.751. The predicted molar refractivity (Wildman–Crippen MR) is 106 cm³/mol. The lowest BCUT2D eigenvalue weighted by atomic mass is 9.76. The first-order valence-corrected chi connectivity index (χ1v) is 10.3. The van der Waals surface area contributed by atoms with E-state index in [-0.39, 0.29) is 17.9 Å². The summed E-state index contributed by atoms with van der Waals surface area (Å²) in [6, 6.07) is 7.75. The van der Waals surface area contributed by atoms with Crippen molar-refractivity contribution in [3.8, 4) is 5.75 Å². The Hall–Kier alpha value is -2.38. The van der Waals surface area contributed by atoms with E-state index >= 15 is 0 Å². The molecule has 2 amide bonds. The summed E-state index contributed by atoms with van der Waals surface area (Å²) in [4.78, 5) is 32.7. The Kier molecular flexibility index (Phi) is 4.40. The van der Waals surface area contributed by atoms with Gasteiger partial charge in [-0.05, 0) is 24.7 Å². The molecule has 154 valence electrons. The van der Waals surface area contributed by atoms with Crippen molar-refractivity contribution in [2.45, 2.75) is 18.2 Å². The SMILES string of the molecule is COc1cccc(CN2C[C@]34C=C[C@H](O3)[C@H](C(=O)N3CCN(C)CC3)[C@H]4C2=O)c1. The summed E-state index contributed by atoms with van der Waals surface area (Å²) in [7, 11) is 3.70. The summed E-state index contributed by atoms with van der Waals surface area (Å²) >= 11 is 0. The minimum Gasteiger partial charge on any atom is -0.497 e. The molecule has 3 saturated heterocycles. The van der Waals surface area contributed by atoms with Crippen molar-refractivity contribution < 1.29 is 19.1 Å². The molecule has 29 heavy (non-hydrogen) atoms. The van der Waals surface area contributed by atoms with Gasteiger partial charge in [0.25, 0.3) is 0 Å². The molecule has 7 heteroatoms. The van der Waals surface area contributed by atoms with E-state index in [1.54, 1.807) is 7.11 Å². The molecule has 4 aliphatic rings. The van der Waals surface area contributed by atoms with Crippen LogP contribution in [-0.4, -0.2) is 85.1 Å². The fraction of sp³-hybridized carbons (Fsp3) is 0.545. The van der Waals surface area contributed by atoms with Crippen molar-refractivity contribution >= 4 is 11.8 Å². The van der Waals surface area contributed by atoms with Crippen molar-refractivity contribution in [2.75, 3.05) is 46.9 Å². The van der Waals surface area contributed by atoms with Gasteiger partial charge in [0.05, 0.1) is 31.6 Å². The Morgan fingerprint density at radius 2 is 2.07 bits per heavy atom.